The monoisotopic (exact) mass is 226 g/mol. The number of hydrogen-bond donors (Lipinski definition) is 0. The molecule has 1 aliphatic rings. The zero-order chi connectivity index (χ0) is 12.0. The van der Waals surface area contributed by atoms with Crippen molar-refractivity contribution in [3.63, 3.8) is 0 Å². The van der Waals surface area contributed by atoms with Gasteiger partial charge >= 0.3 is 5.97 Å². The van der Waals surface area contributed by atoms with Crippen LogP contribution in [0.1, 0.15) is 51.9 Å². The van der Waals surface area contributed by atoms with E-state index in [0.717, 1.165) is 32.1 Å². The lowest BCUT2D eigenvalue weighted by molar-refractivity contribution is -0.142. The molecule has 16 heavy (non-hydrogen) atoms. The highest BCUT2D eigenvalue weighted by Crippen LogP contribution is 2.33. The Morgan fingerprint density at radius 3 is 2.81 bits per heavy atom. The summed E-state index contributed by atoms with van der Waals surface area (Å²) in [6.07, 6.45) is 6.24. The van der Waals surface area contributed by atoms with E-state index in [1.807, 2.05) is 0 Å². The second kappa shape index (κ2) is 6.66. The molecule has 0 spiro atoms. The second-order valence-corrected chi connectivity index (χ2v) is 4.65. The summed E-state index contributed by atoms with van der Waals surface area (Å²) in [7, 11) is 1.41. The first-order valence-corrected chi connectivity index (χ1v) is 6.28. The van der Waals surface area contributed by atoms with Crippen LogP contribution in [0.3, 0.4) is 0 Å². The summed E-state index contributed by atoms with van der Waals surface area (Å²) in [5.41, 5.74) is 0. The normalized spacial score (nSPS) is 22.1. The lowest BCUT2D eigenvalue weighted by Crippen LogP contribution is -2.22. The van der Waals surface area contributed by atoms with Crippen LogP contribution in [-0.4, -0.2) is 18.9 Å². The summed E-state index contributed by atoms with van der Waals surface area (Å²) < 4.78 is 4.71. The number of Topliss-reactive ketones (excluding diaryl/α,β-unsaturated/α-hetero) is 1. The van der Waals surface area contributed by atoms with Crippen LogP contribution >= 0.6 is 0 Å². The zero-order valence-electron chi connectivity index (χ0n) is 10.3. The summed E-state index contributed by atoms with van der Waals surface area (Å²) >= 11 is 0. The molecular weight excluding hydrogens is 204 g/mol. The predicted molar refractivity (Wildman–Crippen MR) is 62.0 cm³/mol. The highest BCUT2D eigenvalue weighted by molar-refractivity contribution is 5.83. The predicted octanol–water partition coefficient (Wildman–Crippen LogP) is 2.73. The molecule has 0 heterocycles. The third kappa shape index (κ3) is 3.62. The molecule has 1 fully saturated rings. The maximum absolute atomic E-state index is 11.7. The number of methoxy groups -OCH3 is 1. The molecule has 0 N–H and O–H groups in total. The van der Waals surface area contributed by atoms with Crippen molar-refractivity contribution in [2.45, 2.75) is 51.9 Å². The highest BCUT2D eigenvalue weighted by Gasteiger charge is 2.32. The first-order valence-electron chi connectivity index (χ1n) is 6.28. The Labute approximate surface area is 97.5 Å². The number of unbranched alkanes of at least 4 members (excludes halogenated alkanes) is 1. The van der Waals surface area contributed by atoms with E-state index in [-0.39, 0.29) is 17.8 Å². The Bertz CT molecular complexity index is 248. The van der Waals surface area contributed by atoms with Gasteiger partial charge in [0.05, 0.1) is 7.11 Å². The Kier molecular flexibility index (Phi) is 5.50. The molecule has 1 rings (SSSR count). The number of ketones is 1. The quantitative estimate of drug-likeness (QED) is 0.654. The van der Waals surface area contributed by atoms with Crippen LogP contribution in [0.4, 0.5) is 0 Å². The van der Waals surface area contributed by atoms with E-state index in [1.54, 1.807) is 0 Å². The molecule has 0 unspecified atom stereocenters. The van der Waals surface area contributed by atoms with Crippen LogP contribution in [0.5, 0.6) is 0 Å². The summed E-state index contributed by atoms with van der Waals surface area (Å²) in [4.78, 5) is 23.0. The van der Waals surface area contributed by atoms with Crippen molar-refractivity contribution >= 4 is 11.8 Å². The molecule has 0 radical (unpaired) electrons. The van der Waals surface area contributed by atoms with E-state index in [2.05, 4.69) is 6.92 Å². The van der Waals surface area contributed by atoms with E-state index < -0.39 is 0 Å². The van der Waals surface area contributed by atoms with Crippen LogP contribution in [0.2, 0.25) is 0 Å². The minimum Gasteiger partial charge on any atom is -0.469 e. The van der Waals surface area contributed by atoms with Gasteiger partial charge in [0.2, 0.25) is 0 Å². The summed E-state index contributed by atoms with van der Waals surface area (Å²) in [5.74, 6) is 0.499. The van der Waals surface area contributed by atoms with Crippen molar-refractivity contribution in [3.05, 3.63) is 0 Å². The molecule has 0 bridgehead atoms. The van der Waals surface area contributed by atoms with Crippen molar-refractivity contribution in [3.8, 4) is 0 Å². The maximum Gasteiger partial charge on any atom is 0.305 e. The molecule has 1 saturated carbocycles. The molecule has 2 atom stereocenters. The van der Waals surface area contributed by atoms with Gasteiger partial charge in [-0.1, -0.05) is 19.8 Å². The second-order valence-electron chi connectivity index (χ2n) is 4.65. The van der Waals surface area contributed by atoms with E-state index in [1.165, 1.54) is 7.11 Å². The zero-order valence-corrected chi connectivity index (χ0v) is 10.3. The third-order valence-electron chi connectivity index (χ3n) is 3.51. The van der Waals surface area contributed by atoms with Crippen LogP contribution in [0.15, 0.2) is 0 Å². The number of ether oxygens (including phenoxy) is 1. The van der Waals surface area contributed by atoms with Crippen LogP contribution in [-0.2, 0) is 14.3 Å². The molecule has 0 aromatic heterocycles. The van der Waals surface area contributed by atoms with Gasteiger partial charge in [-0.05, 0) is 25.2 Å². The standard InChI is InChI=1S/C13H22O3/c1-3-4-6-10(9-13(15)16-2)11-7-5-8-12(11)14/h10-11H,3-9H2,1-2H3/t10-,11-/m0/s1. The van der Waals surface area contributed by atoms with Gasteiger partial charge in [-0.25, -0.2) is 0 Å². The lowest BCUT2D eigenvalue weighted by Gasteiger charge is -2.20. The lowest BCUT2D eigenvalue weighted by atomic mass is 9.84. The van der Waals surface area contributed by atoms with Crippen molar-refractivity contribution in [2.75, 3.05) is 7.11 Å². The van der Waals surface area contributed by atoms with Crippen LogP contribution < -0.4 is 0 Å². The van der Waals surface area contributed by atoms with E-state index in [9.17, 15) is 9.59 Å². The number of carbonyl (C=O) groups is 2. The molecule has 0 aromatic rings. The average Bonchev–Trinajstić information content (AvgIpc) is 2.70. The van der Waals surface area contributed by atoms with Gasteiger partial charge in [0.25, 0.3) is 0 Å². The Balaban J connectivity index is 2.54. The number of hydrogen-bond acceptors (Lipinski definition) is 3. The van der Waals surface area contributed by atoms with E-state index in [0.29, 0.717) is 18.6 Å². The summed E-state index contributed by atoms with van der Waals surface area (Å²) in [5, 5.41) is 0. The summed E-state index contributed by atoms with van der Waals surface area (Å²) in [6.45, 7) is 2.13. The topological polar surface area (TPSA) is 43.4 Å². The molecule has 3 nitrogen and oxygen atoms in total. The van der Waals surface area contributed by atoms with Gasteiger partial charge in [0.15, 0.2) is 0 Å². The van der Waals surface area contributed by atoms with Gasteiger partial charge in [-0.2, -0.15) is 0 Å². The largest absolute Gasteiger partial charge is 0.469 e. The van der Waals surface area contributed by atoms with Gasteiger partial charge in [-0.3, -0.25) is 9.59 Å². The molecular formula is C13H22O3. The van der Waals surface area contributed by atoms with Crippen molar-refractivity contribution in [2.24, 2.45) is 11.8 Å². The molecule has 92 valence electrons. The van der Waals surface area contributed by atoms with Crippen LogP contribution in [0, 0.1) is 11.8 Å². The third-order valence-corrected chi connectivity index (χ3v) is 3.51. The van der Waals surface area contributed by atoms with Gasteiger partial charge in [-0.15, -0.1) is 0 Å². The molecule has 3 heteroatoms. The summed E-state index contributed by atoms with van der Waals surface area (Å²) in [6, 6.07) is 0. The fourth-order valence-electron chi connectivity index (χ4n) is 2.55. The number of esters is 1. The van der Waals surface area contributed by atoms with Crippen molar-refractivity contribution < 1.29 is 14.3 Å². The molecule has 0 saturated heterocycles. The first kappa shape index (κ1) is 13.2. The minimum atomic E-state index is -0.180. The van der Waals surface area contributed by atoms with E-state index in [4.69, 9.17) is 4.74 Å². The van der Waals surface area contributed by atoms with Gasteiger partial charge < -0.3 is 4.74 Å². The fourth-order valence-corrected chi connectivity index (χ4v) is 2.55. The van der Waals surface area contributed by atoms with E-state index >= 15 is 0 Å². The molecule has 0 aromatic carbocycles. The molecule has 0 aliphatic heterocycles. The van der Waals surface area contributed by atoms with Crippen molar-refractivity contribution in [1.29, 1.82) is 0 Å². The number of carbonyl (C=O) groups excluding carboxylic acids is 2. The molecule has 1 aliphatic carbocycles. The Morgan fingerprint density at radius 1 is 1.56 bits per heavy atom. The SMILES string of the molecule is CCCC[C@@H](CC(=O)OC)[C@@H]1CCCC1=O. The smallest absolute Gasteiger partial charge is 0.305 e. The van der Waals surface area contributed by atoms with Crippen molar-refractivity contribution in [1.82, 2.24) is 0 Å². The van der Waals surface area contributed by atoms with Gasteiger partial charge in [0.1, 0.15) is 5.78 Å². The van der Waals surface area contributed by atoms with Crippen LogP contribution in [0.25, 0.3) is 0 Å². The Hall–Kier alpha value is -0.860. The molecule has 0 amide bonds. The Morgan fingerprint density at radius 2 is 2.31 bits per heavy atom. The first-order chi connectivity index (χ1) is 7.69. The minimum absolute atomic E-state index is 0.116. The average molecular weight is 226 g/mol. The fraction of sp³-hybridized carbons (Fsp3) is 0.846. The number of rotatable bonds is 6. The maximum atomic E-state index is 11.7. The van der Waals surface area contributed by atoms with Gasteiger partial charge in [0, 0.05) is 18.8 Å². The highest BCUT2D eigenvalue weighted by atomic mass is 16.5.